The Hall–Kier alpha value is -2.87. The van der Waals surface area contributed by atoms with E-state index in [1.807, 2.05) is 36.0 Å². The average molecular weight is 341 g/mol. The van der Waals surface area contributed by atoms with Gasteiger partial charge in [0, 0.05) is 37.5 Å². The standard InChI is InChI=1S/C17H19N5O3/c1-22-7-6-18-16(22)14-12(5-8-25-14)17(23)19-15-11-4-3-10(24-2)9-13(11)20-21-15/h3-4,6-7,9,12,14H,5,8H2,1-2H3,(H2,19,20,21,23)/t12-,14-/m1/s1. The Balaban J connectivity index is 1.56. The molecule has 1 aromatic carbocycles. The zero-order chi connectivity index (χ0) is 17.4. The SMILES string of the molecule is COc1ccc2c(NC(=O)[C@@H]3CCO[C@H]3c3nccn3C)n[nH]c2c1. The van der Waals surface area contributed by atoms with E-state index >= 15 is 0 Å². The molecule has 1 saturated heterocycles. The average Bonchev–Trinajstić information content (AvgIpc) is 3.34. The van der Waals surface area contributed by atoms with Crippen LogP contribution in [0.5, 0.6) is 5.75 Å². The molecular weight excluding hydrogens is 322 g/mol. The topological polar surface area (TPSA) is 94.1 Å². The number of carbonyl (C=O) groups is 1. The number of aryl methyl sites for hydroxylation is 1. The number of ether oxygens (including phenoxy) is 2. The van der Waals surface area contributed by atoms with Gasteiger partial charge in [0.1, 0.15) is 17.7 Å². The van der Waals surface area contributed by atoms with Gasteiger partial charge in [-0.1, -0.05) is 0 Å². The highest BCUT2D eigenvalue weighted by atomic mass is 16.5. The van der Waals surface area contributed by atoms with Gasteiger partial charge in [0.25, 0.3) is 0 Å². The molecule has 2 N–H and O–H groups in total. The summed E-state index contributed by atoms with van der Waals surface area (Å²) >= 11 is 0. The maximum atomic E-state index is 12.8. The molecule has 0 bridgehead atoms. The first-order valence-electron chi connectivity index (χ1n) is 8.09. The predicted octanol–water partition coefficient (Wildman–Crippen LogP) is 2.02. The van der Waals surface area contributed by atoms with E-state index < -0.39 is 0 Å². The highest BCUT2D eigenvalue weighted by Gasteiger charge is 2.37. The molecule has 25 heavy (non-hydrogen) atoms. The highest BCUT2D eigenvalue weighted by Crippen LogP contribution is 2.35. The molecule has 8 heteroatoms. The van der Waals surface area contributed by atoms with E-state index in [0.29, 0.717) is 18.8 Å². The molecule has 1 aliphatic rings. The first-order valence-corrected chi connectivity index (χ1v) is 8.09. The summed E-state index contributed by atoms with van der Waals surface area (Å²) in [5.41, 5.74) is 0.804. The molecule has 1 fully saturated rings. The Morgan fingerprint density at radius 3 is 3.12 bits per heavy atom. The summed E-state index contributed by atoms with van der Waals surface area (Å²) in [6, 6.07) is 5.55. The van der Waals surface area contributed by atoms with Crippen LogP contribution in [0.3, 0.4) is 0 Å². The molecule has 1 aliphatic heterocycles. The Morgan fingerprint density at radius 1 is 1.48 bits per heavy atom. The second-order valence-electron chi connectivity index (χ2n) is 6.06. The summed E-state index contributed by atoms with van der Waals surface area (Å²) in [4.78, 5) is 17.1. The maximum absolute atomic E-state index is 12.8. The number of fused-ring (bicyclic) bond motifs is 1. The van der Waals surface area contributed by atoms with Crippen molar-refractivity contribution < 1.29 is 14.3 Å². The number of imidazole rings is 1. The summed E-state index contributed by atoms with van der Waals surface area (Å²) in [6.07, 6.45) is 3.87. The quantitative estimate of drug-likeness (QED) is 0.757. The van der Waals surface area contributed by atoms with Crippen LogP contribution in [-0.2, 0) is 16.6 Å². The van der Waals surface area contributed by atoms with Gasteiger partial charge in [-0.15, -0.1) is 0 Å². The van der Waals surface area contributed by atoms with Crippen molar-refractivity contribution in [3.05, 3.63) is 36.4 Å². The summed E-state index contributed by atoms with van der Waals surface area (Å²) in [6.45, 7) is 0.536. The molecule has 2 aromatic heterocycles. The van der Waals surface area contributed by atoms with Crippen LogP contribution in [0.1, 0.15) is 18.3 Å². The molecule has 8 nitrogen and oxygen atoms in total. The third-order valence-electron chi connectivity index (χ3n) is 4.55. The van der Waals surface area contributed by atoms with E-state index in [1.54, 1.807) is 13.3 Å². The number of hydrogen-bond acceptors (Lipinski definition) is 5. The molecule has 1 amide bonds. The number of H-pyrrole nitrogens is 1. The third-order valence-corrected chi connectivity index (χ3v) is 4.55. The van der Waals surface area contributed by atoms with Gasteiger partial charge in [-0.2, -0.15) is 5.10 Å². The molecule has 0 radical (unpaired) electrons. The number of anilines is 1. The molecule has 0 spiro atoms. The van der Waals surface area contributed by atoms with Crippen molar-refractivity contribution >= 4 is 22.6 Å². The van der Waals surface area contributed by atoms with E-state index in [0.717, 1.165) is 22.5 Å². The molecule has 3 heterocycles. The van der Waals surface area contributed by atoms with Crippen LogP contribution in [0.2, 0.25) is 0 Å². The summed E-state index contributed by atoms with van der Waals surface area (Å²) in [5, 5.41) is 10.9. The van der Waals surface area contributed by atoms with E-state index in [2.05, 4.69) is 20.5 Å². The molecule has 2 atom stereocenters. The minimum atomic E-state index is -0.342. The third kappa shape index (κ3) is 2.74. The lowest BCUT2D eigenvalue weighted by molar-refractivity contribution is -0.121. The fourth-order valence-electron chi connectivity index (χ4n) is 3.19. The zero-order valence-corrected chi connectivity index (χ0v) is 14.0. The summed E-state index contributed by atoms with van der Waals surface area (Å²) < 4.78 is 12.8. The Kier molecular flexibility index (Phi) is 3.89. The number of aromatic amines is 1. The molecule has 0 unspecified atom stereocenters. The fraction of sp³-hybridized carbons (Fsp3) is 0.353. The van der Waals surface area contributed by atoms with Crippen LogP contribution >= 0.6 is 0 Å². The van der Waals surface area contributed by atoms with Crippen molar-refractivity contribution in [2.45, 2.75) is 12.5 Å². The van der Waals surface area contributed by atoms with Crippen molar-refractivity contribution in [3.8, 4) is 5.75 Å². The second kappa shape index (κ2) is 6.21. The number of benzene rings is 1. The van der Waals surface area contributed by atoms with Crippen molar-refractivity contribution in [3.63, 3.8) is 0 Å². The first kappa shape index (κ1) is 15.6. The minimum Gasteiger partial charge on any atom is -0.497 e. The zero-order valence-electron chi connectivity index (χ0n) is 14.0. The molecule has 3 aromatic rings. The van der Waals surface area contributed by atoms with Crippen molar-refractivity contribution in [2.75, 3.05) is 19.0 Å². The highest BCUT2D eigenvalue weighted by molar-refractivity contribution is 6.01. The van der Waals surface area contributed by atoms with E-state index in [-0.39, 0.29) is 17.9 Å². The number of nitrogens with one attached hydrogen (secondary N) is 2. The number of hydrogen-bond donors (Lipinski definition) is 2. The van der Waals surface area contributed by atoms with Crippen LogP contribution in [0.25, 0.3) is 10.9 Å². The molecule has 4 rings (SSSR count). The second-order valence-corrected chi connectivity index (χ2v) is 6.06. The Bertz CT molecular complexity index is 916. The molecule has 0 aliphatic carbocycles. The Morgan fingerprint density at radius 2 is 2.36 bits per heavy atom. The van der Waals surface area contributed by atoms with Crippen molar-refractivity contribution in [1.29, 1.82) is 0 Å². The monoisotopic (exact) mass is 341 g/mol. The van der Waals surface area contributed by atoms with Gasteiger partial charge in [-0.05, 0) is 18.6 Å². The van der Waals surface area contributed by atoms with Crippen molar-refractivity contribution in [2.24, 2.45) is 13.0 Å². The Labute approximate surface area is 144 Å². The first-order chi connectivity index (χ1) is 12.2. The van der Waals surface area contributed by atoms with Gasteiger partial charge in [-0.25, -0.2) is 4.98 Å². The molecule has 130 valence electrons. The normalized spacial score (nSPS) is 20.1. The van der Waals surface area contributed by atoms with Gasteiger partial charge < -0.3 is 19.4 Å². The lowest BCUT2D eigenvalue weighted by Crippen LogP contribution is -2.26. The number of carbonyl (C=O) groups excluding carboxylic acids is 1. The van der Waals surface area contributed by atoms with E-state index in [9.17, 15) is 4.79 Å². The van der Waals surface area contributed by atoms with Gasteiger partial charge in [0.15, 0.2) is 5.82 Å². The van der Waals surface area contributed by atoms with E-state index in [4.69, 9.17) is 9.47 Å². The number of aromatic nitrogens is 4. The van der Waals surface area contributed by atoms with Crippen LogP contribution in [0.4, 0.5) is 5.82 Å². The lowest BCUT2D eigenvalue weighted by Gasteiger charge is -2.17. The smallest absolute Gasteiger partial charge is 0.231 e. The molecular formula is C17H19N5O3. The van der Waals surface area contributed by atoms with Gasteiger partial charge in [-0.3, -0.25) is 9.89 Å². The number of methoxy groups -OCH3 is 1. The summed E-state index contributed by atoms with van der Waals surface area (Å²) in [5.74, 6) is 1.58. The fourth-order valence-corrected chi connectivity index (χ4v) is 3.19. The van der Waals surface area contributed by atoms with Gasteiger partial charge >= 0.3 is 0 Å². The largest absolute Gasteiger partial charge is 0.497 e. The van der Waals surface area contributed by atoms with Crippen LogP contribution in [-0.4, -0.2) is 39.4 Å². The van der Waals surface area contributed by atoms with Gasteiger partial charge in [0.2, 0.25) is 5.91 Å². The molecule has 0 saturated carbocycles. The number of nitrogens with zero attached hydrogens (tertiary/aromatic N) is 3. The maximum Gasteiger partial charge on any atom is 0.231 e. The predicted molar refractivity (Wildman–Crippen MR) is 91.3 cm³/mol. The van der Waals surface area contributed by atoms with E-state index in [1.165, 1.54) is 0 Å². The van der Waals surface area contributed by atoms with Crippen LogP contribution < -0.4 is 10.1 Å². The minimum absolute atomic E-state index is 0.116. The van der Waals surface area contributed by atoms with Gasteiger partial charge in [0.05, 0.1) is 18.5 Å². The lowest BCUT2D eigenvalue weighted by atomic mass is 10.00. The number of amides is 1. The van der Waals surface area contributed by atoms with Crippen LogP contribution in [0, 0.1) is 5.92 Å². The summed E-state index contributed by atoms with van der Waals surface area (Å²) in [7, 11) is 3.51. The van der Waals surface area contributed by atoms with Crippen LogP contribution in [0.15, 0.2) is 30.6 Å². The van der Waals surface area contributed by atoms with Crippen molar-refractivity contribution in [1.82, 2.24) is 19.7 Å². The number of rotatable bonds is 4.